The van der Waals surface area contributed by atoms with Gasteiger partial charge >= 0.3 is 0 Å². The van der Waals surface area contributed by atoms with Gasteiger partial charge in [-0.3, -0.25) is 9.48 Å². The second-order valence-corrected chi connectivity index (χ2v) is 4.96. The lowest BCUT2D eigenvalue weighted by Crippen LogP contribution is -2.06. The normalized spacial score (nSPS) is 11.5. The Bertz CT molecular complexity index is 806. The van der Waals surface area contributed by atoms with E-state index in [0.29, 0.717) is 14.5 Å². The molecule has 1 N–H and O–H groups in total. The van der Waals surface area contributed by atoms with E-state index in [9.17, 15) is 9.18 Å². The van der Waals surface area contributed by atoms with Gasteiger partial charge in [0, 0.05) is 16.0 Å². The van der Waals surface area contributed by atoms with Crippen molar-refractivity contribution >= 4 is 44.4 Å². The van der Waals surface area contributed by atoms with Gasteiger partial charge in [0.1, 0.15) is 5.82 Å². The second-order valence-electron chi connectivity index (χ2n) is 3.80. The Morgan fingerprint density at radius 1 is 1.41 bits per heavy atom. The monoisotopic (exact) mass is 343 g/mol. The summed E-state index contributed by atoms with van der Waals surface area (Å²) < 4.78 is 15.6. The Morgan fingerprint density at radius 2 is 2.18 bits per heavy atom. The maximum atomic E-state index is 13.5. The molecule has 6 heteroatoms. The third kappa shape index (κ3) is 1.47. The largest absolute Gasteiger partial charge is 0.321 e. The first-order valence-electron chi connectivity index (χ1n) is 4.90. The molecule has 17 heavy (non-hydrogen) atoms. The minimum Gasteiger partial charge on any atom is -0.321 e. The van der Waals surface area contributed by atoms with Crippen LogP contribution in [0.2, 0.25) is 0 Å². The number of rotatable bonds is 0. The predicted molar refractivity (Wildman–Crippen MR) is 71.5 cm³/mol. The van der Waals surface area contributed by atoms with Crippen molar-refractivity contribution in [3.05, 3.63) is 38.1 Å². The van der Waals surface area contributed by atoms with Crippen molar-refractivity contribution in [1.82, 2.24) is 14.8 Å². The highest BCUT2D eigenvalue weighted by Crippen LogP contribution is 2.24. The predicted octanol–water partition coefficient (Wildman–Crippen LogP) is 2.16. The highest BCUT2D eigenvalue weighted by atomic mass is 127. The van der Waals surface area contributed by atoms with Crippen LogP contribution in [0.25, 0.3) is 21.8 Å². The molecule has 0 bridgehead atoms. The van der Waals surface area contributed by atoms with Crippen LogP contribution in [0.1, 0.15) is 0 Å². The number of aryl methyl sites for hydroxylation is 1. The quantitative estimate of drug-likeness (QED) is 0.636. The lowest BCUT2D eigenvalue weighted by Gasteiger charge is -2.03. The van der Waals surface area contributed by atoms with E-state index in [-0.39, 0.29) is 11.4 Å². The molecule has 0 aliphatic heterocycles. The van der Waals surface area contributed by atoms with E-state index in [4.69, 9.17) is 0 Å². The summed E-state index contributed by atoms with van der Waals surface area (Å²) in [6.07, 6.45) is 1.52. The molecule has 2 aromatic heterocycles. The molecule has 0 saturated carbocycles. The van der Waals surface area contributed by atoms with E-state index < -0.39 is 0 Å². The van der Waals surface area contributed by atoms with Gasteiger partial charge in [-0.25, -0.2) is 4.39 Å². The molecule has 2 heterocycles. The van der Waals surface area contributed by atoms with Crippen molar-refractivity contribution in [3.63, 3.8) is 0 Å². The highest BCUT2D eigenvalue weighted by Gasteiger charge is 2.11. The van der Waals surface area contributed by atoms with Crippen molar-refractivity contribution in [3.8, 4) is 0 Å². The Morgan fingerprint density at radius 3 is 2.94 bits per heavy atom. The molecule has 0 amide bonds. The zero-order valence-corrected chi connectivity index (χ0v) is 10.9. The summed E-state index contributed by atoms with van der Waals surface area (Å²) in [4.78, 5) is 14.4. The molecule has 0 aliphatic rings. The number of fused-ring (bicyclic) bond motifs is 3. The smallest absolute Gasteiger partial charge is 0.259 e. The van der Waals surface area contributed by atoms with Gasteiger partial charge in [-0.2, -0.15) is 5.10 Å². The summed E-state index contributed by atoms with van der Waals surface area (Å²) in [5.41, 5.74) is 0.965. The number of nitrogens with one attached hydrogen (secondary N) is 1. The van der Waals surface area contributed by atoms with Gasteiger partial charge in [0.05, 0.1) is 22.6 Å². The van der Waals surface area contributed by atoms with Crippen LogP contribution in [-0.4, -0.2) is 14.8 Å². The molecular weight excluding hydrogens is 336 g/mol. The first kappa shape index (κ1) is 10.7. The lowest BCUT2D eigenvalue weighted by atomic mass is 10.1. The standard InChI is InChI=1S/C11H7FIN3O/c1-16-10-5-2-8(13)7(12)3-9(5)15-11(17)6(10)4-14-16/h2-4H,1H3,(H,15,17). The molecule has 0 atom stereocenters. The molecular formula is C11H7FIN3O. The molecule has 0 aliphatic carbocycles. The zero-order chi connectivity index (χ0) is 12.2. The van der Waals surface area contributed by atoms with Crippen LogP contribution < -0.4 is 5.56 Å². The highest BCUT2D eigenvalue weighted by molar-refractivity contribution is 14.1. The van der Waals surface area contributed by atoms with Crippen LogP contribution in [0.5, 0.6) is 0 Å². The average Bonchev–Trinajstić information content (AvgIpc) is 2.65. The maximum absolute atomic E-state index is 13.5. The van der Waals surface area contributed by atoms with Crippen molar-refractivity contribution < 1.29 is 4.39 Å². The molecule has 3 rings (SSSR count). The zero-order valence-electron chi connectivity index (χ0n) is 8.79. The van der Waals surface area contributed by atoms with E-state index in [0.717, 1.165) is 10.9 Å². The number of aromatic amines is 1. The third-order valence-electron chi connectivity index (χ3n) is 2.75. The van der Waals surface area contributed by atoms with Crippen LogP contribution in [0.4, 0.5) is 4.39 Å². The minimum absolute atomic E-state index is 0.249. The number of pyridine rings is 1. The van der Waals surface area contributed by atoms with E-state index >= 15 is 0 Å². The molecule has 4 nitrogen and oxygen atoms in total. The van der Waals surface area contributed by atoms with E-state index in [2.05, 4.69) is 10.1 Å². The van der Waals surface area contributed by atoms with Gasteiger partial charge in [-0.05, 0) is 34.7 Å². The van der Waals surface area contributed by atoms with Crippen LogP contribution in [-0.2, 0) is 7.05 Å². The van der Waals surface area contributed by atoms with Crippen molar-refractivity contribution in [2.75, 3.05) is 0 Å². The fourth-order valence-corrected chi connectivity index (χ4v) is 2.43. The second kappa shape index (κ2) is 3.52. The van der Waals surface area contributed by atoms with Crippen molar-refractivity contribution in [1.29, 1.82) is 0 Å². The summed E-state index contributed by atoms with van der Waals surface area (Å²) in [5, 5.41) is 5.37. The van der Waals surface area contributed by atoms with Crippen molar-refractivity contribution in [2.24, 2.45) is 7.05 Å². The molecule has 86 valence electrons. The number of aromatic nitrogens is 3. The summed E-state index contributed by atoms with van der Waals surface area (Å²) in [6, 6.07) is 3.05. The van der Waals surface area contributed by atoms with Crippen LogP contribution in [0.15, 0.2) is 23.1 Å². The lowest BCUT2D eigenvalue weighted by molar-refractivity contribution is 0.622. The Labute approximate surface area is 109 Å². The van der Waals surface area contributed by atoms with Gasteiger partial charge in [0.15, 0.2) is 0 Å². The van der Waals surface area contributed by atoms with Gasteiger partial charge in [-0.15, -0.1) is 0 Å². The van der Waals surface area contributed by atoms with Gasteiger partial charge in [-0.1, -0.05) is 0 Å². The van der Waals surface area contributed by atoms with Crippen LogP contribution in [0.3, 0.4) is 0 Å². The number of H-pyrrole nitrogens is 1. The van der Waals surface area contributed by atoms with E-state index in [1.54, 1.807) is 17.8 Å². The fourth-order valence-electron chi connectivity index (χ4n) is 1.96. The summed E-state index contributed by atoms with van der Waals surface area (Å²) in [5.74, 6) is -0.338. The molecule has 1 aromatic carbocycles. The molecule has 0 fully saturated rings. The van der Waals surface area contributed by atoms with E-state index in [1.807, 2.05) is 22.6 Å². The summed E-state index contributed by atoms with van der Waals surface area (Å²) in [7, 11) is 1.76. The molecule has 0 saturated heterocycles. The first-order valence-corrected chi connectivity index (χ1v) is 5.98. The minimum atomic E-state index is -0.338. The van der Waals surface area contributed by atoms with Crippen LogP contribution >= 0.6 is 22.6 Å². The number of hydrogen-bond acceptors (Lipinski definition) is 2. The first-order chi connectivity index (χ1) is 8.08. The third-order valence-corrected chi connectivity index (χ3v) is 3.57. The summed E-state index contributed by atoms with van der Waals surface area (Å²) in [6.45, 7) is 0. The Balaban J connectivity index is 2.67. The van der Waals surface area contributed by atoms with E-state index in [1.165, 1.54) is 12.3 Å². The maximum Gasteiger partial charge on any atom is 0.259 e. The molecule has 0 radical (unpaired) electrons. The molecule has 3 aromatic rings. The van der Waals surface area contributed by atoms with Crippen molar-refractivity contribution in [2.45, 2.75) is 0 Å². The van der Waals surface area contributed by atoms with Gasteiger partial charge < -0.3 is 4.98 Å². The average molecular weight is 343 g/mol. The number of benzene rings is 1. The number of halogens is 2. The number of hydrogen-bond donors (Lipinski definition) is 1. The van der Waals surface area contributed by atoms with Gasteiger partial charge in [0.2, 0.25) is 0 Å². The Hall–Kier alpha value is -1.44. The molecule has 0 spiro atoms. The van der Waals surface area contributed by atoms with Gasteiger partial charge in [0.25, 0.3) is 5.56 Å². The molecule has 0 unspecified atom stereocenters. The van der Waals surface area contributed by atoms with Crippen LogP contribution in [0, 0.1) is 9.39 Å². The Kier molecular flexibility index (Phi) is 2.22. The SMILES string of the molecule is Cn1ncc2c(=O)[nH]c3cc(F)c(I)cc3c21. The number of nitrogens with zero attached hydrogens (tertiary/aromatic N) is 2. The fraction of sp³-hybridized carbons (Fsp3) is 0.0909. The topological polar surface area (TPSA) is 50.7 Å². The summed E-state index contributed by atoms with van der Waals surface area (Å²) >= 11 is 1.93.